The number of carbonyl (C=O) groups is 2. The highest BCUT2D eigenvalue weighted by Gasteiger charge is 2.33. The fourth-order valence-corrected chi connectivity index (χ4v) is 5.76. The van der Waals surface area contributed by atoms with Crippen molar-refractivity contribution < 1.29 is 40.7 Å². The molecule has 3 aromatic carbocycles. The highest BCUT2D eigenvalue weighted by Crippen LogP contribution is 2.37. The number of hydrogen-bond acceptors (Lipinski definition) is 7. The van der Waals surface area contributed by atoms with Crippen molar-refractivity contribution in [1.82, 2.24) is 0 Å². The van der Waals surface area contributed by atoms with Crippen LogP contribution in [0.5, 0.6) is 11.5 Å². The highest BCUT2D eigenvalue weighted by atomic mass is 32.2. The molecule has 0 bridgehead atoms. The lowest BCUT2D eigenvalue weighted by atomic mass is 9.95. The van der Waals surface area contributed by atoms with E-state index >= 15 is 0 Å². The van der Waals surface area contributed by atoms with Crippen molar-refractivity contribution in [1.29, 1.82) is 5.41 Å². The molecule has 0 aliphatic rings. The lowest BCUT2D eigenvalue weighted by Crippen LogP contribution is -2.14. The van der Waals surface area contributed by atoms with E-state index in [-0.39, 0.29) is 77.9 Å². The van der Waals surface area contributed by atoms with Crippen molar-refractivity contribution in [3.8, 4) is 11.5 Å². The second kappa shape index (κ2) is 16.7. The Hall–Kier alpha value is -4.04. The highest BCUT2D eigenvalue weighted by molar-refractivity contribution is 7.99. The minimum absolute atomic E-state index is 0.0509. The monoisotopic (exact) mass is 682 g/mol. The quantitative estimate of drug-likeness (QED) is 0.0288. The summed E-state index contributed by atoms with van der Waals surface area (Å²) in [6.07, 6.45) is -7.66. The Morgan fingerprint density at radius 2 is 1.32 bits per heavy atom. The molecule has 0 atom stereocenters. The predicted molar refractivity (Wildman–Crippen MR) is 170 cm³/mol. The van der Waals surface area contributed by atoms with Gasteiger partial charge in [0, 0.05) is 61.1 Å². The zero-order chi connectivity index (χ0) is 34.8. The maximum Gasteiger partial charge on any atom is 0.416 e. The van der Waals surface area contributed by atoms with Gasteiger partial charge in [0.15, 0.2) is 0 Å². The van der Waals surface area contributed by atoms with Crippen molar-refractivity contribution in [3.63, 3.8) is 0 Å². The summed E-state index contributed by atoms with van der Waals surface area (Å²) in [6.45, 7) is 0.226. The van der Waals surface area contributed by atoms with Crippen molar-refractivity contribution in [2.75, 3.05) is 18.0 Å². The number of benzene rings is 3. The molecule has 0 amide bonds. The zero-order valence-electron chi connectivity index (χ0n) is 25.4. The maximum atomic E-state index is 13.9. The molecule has 7 nitrogen and oxygen atoms in total. The average molecular weight is 683 g/mol. The molecular weight excluding hydrogens is 646 g/mol. The van der Waals surface area contributed by atoms with E-state index in [0.29, 0.717) is 41.9 Å². The molecule has 0 aromatic heterocycles. The first kappa shape index (κ1) is 37.4. The number of anilines is 1. The van der Waals surface area contributed by atoms with Crippen molar-refractivity contribution in [2.45, 2.75) is 68.6 Å². The van der Waals surface area contributed by atoms with Crippen LogP contribution in [0.4, 0.5) is 32.0 Å². The van der Waals surface area contributed by atoms with E-state index in [9.17, 15) is 35.9 Å². The smallest absolute Gasteiger partial charge is 0.416 e. The van der Waals surface area contributed by atoms with Crippen LogP contribution in [0.1, 0.15) is 59.9 Å². The van der Waals surface area contributed by atoms with E-state index < -0.39 is 23.5 Å². The number of Topliss-reactive ketones (excluding diaryl/α,β-unsaturated/α-hetero) is 2. The van der Waals surface area contributed by atoms with Gasteiger partial charge in [-0.1, -0.05) is 18.6 Å². The largest absolute Gasteiger partial charge is 0.457 e. The van der Waals surface area contributed by atoms with Gasteiger partial charge in [-0.15, -0.1) is 11.8 Å². The summed E-state index contributed by atoms with van der Waals surface area (Å²) < 4.78 is 86.6. The number of alkyl halides is 6. The number of nitrogen functional groups attached to an aromatic ring is 1. The van der Waals surface area contributed by atoms with Crippen LogP contribution in [-0.4, -0.2) is 29.7 Å². The lowest BCUT2D eigenvalue weighted by molar-refractivity contribution is -0.138. The Kier molecular flexibility index (Phi) is 13.3. The lowest BCUT2D eigenvalue weighted by Gasteiger charge is -2.18. The van der Waals surface area contributed by atoms with Gasteiger partial charge in [0.05, 0.1) is 17.0 Å². The number of ether oxygens (including phenoxy) is 1. The second-order valence-electron chi connectivity index (χ2n) is 11.0. The Morgan fingerprint density at radius 1 is 0.745 bits per heavy atom. The molecule has 0 unspecified atom stereocenters. The number of amidine groups is 1. The van der Waals surface area contributed by atoms with E-state index in [1.54, 1.807) is 0 Å². The summed E-state index contributed by atoms with van der Waals surface area (Å²) in [4.78, 5) is 26.3. The van der Waals surface area contributed by atoms with Crippen molar-refractivity contribution in [2.24, 2.45) is 11.5 Å². The van der Waals surface area contributed by atoms with Gasteiger partial charge in [0.25, 0.3) is 0 Å². The number of nitrogens with two attached hydrogens (primary N) is 3. The summed E-state index contributed by atoms with van der Waals surface area (Å²) in [6, 6.07) is 10.7. The second-order valence-corrected chi connectivity index (χ2v) is 12.1. The van der Waals surface area contributed by atoms with Crippen LogP contribution in [0.2, 0.25) is 0 Å². The molecule has 0 saturated heterocycles. The normalized spacial score (nSPS) is 11.8. The van der Waals surface area contributed by atoms with Gasteiger partial charge < -0.3 is 21.9 Å². The Morgan fingerprint density at radius 3 is 1.89 bits per heavy atom. The van der Waals surface area contributed by atoms with E-state index in [4.69, 9.17) is 27.3 Å². The number of carbonyl (C=O) groups excluding carboxylic acids is 2. The number of halogens is 6. The van der Waals surface area contributed by atoms with Gasteiger partial charge in [-0.2, -0.15) is 26.3 Å². The minimum atomic E-state index is -4.71. The molecule has 47 heavy (non-hydrogen) atoms. The molecule has 0 aliphatic carbocycles. The van der Waals surface area contributed by atoms with E-state index in [0.717, 1.165) is 24.3 Å². The van der Waals surface area contributed by atoms with Crippen LogP contribution in [0, 0.1) is 5.41 Å². The molecule has 3 rings (SSSR count). The number of rotatable bonds is 17. The SMILES string of the molecule is N=C(N)CCCCCC(=O)Cc1cc(C(F)(F)F)cc(CC(=O)Cc2ccc(Oc3cc(N)cc(C(F)(F)F)c3)cc2)c1SCCN. The number of ketones is 2. The third-order valence-electron chi connectivity index (χ3n) is 6.93. The molecule has 0 heterocycles. The molecule has 0 aliphatic heterocycles. The van der Waals surface area contributed by atoms with Crippen molar-refractivity contribution >= 4 is 34.9 Å². The molecule has 0 radical (unpaired) electrons. The Bertz CT molecular complexity index is 1560. The van der Waals surface area contributed by atoms with Gasteiger partial charge in [-0.25, -0.2) is 0 Å². The summed E-state index contributed by atoms with van der Waals surface area (Å²) in [5.41, 5.74) is 15.4. The standard InChI is InChI=1S/C33H36F6N4O3S/c34-32(35,36)23-13-21(15-26(44)4-2-1-3-5-30(42)43)31(47-11-10-40)22(14-23)16-27(45)12-20-6-8-28(9-7-20)46-29-18-24(33(37,38)39)17-25(41)19-29/h6-9,13-14,17-19H,1-5,10-12,15-16,40-41H2,(H3,42,43). The third kappa shape index (κ3) is 12.2. The van der Waals surface area contributed by atoms with E-state index in [1.807, 2.05) is 0 Å². The topological polar surface area (TPSA) is 145 Å². The molecule has 0 saturated carbocycles. The number of nitrogens with one attached hydrogen (secondary N) is 1. The number of hydrogen-bond donors (Lipinski definition) is 4. The molecule has 254 valence electrons. The number of unbranched alkanes of at least 4 members (excludes halogenated alkanes) is 2. The summed E-state index contributed by atoms with van der Waals surface area (Å²) in [5, 5.41) is 7.26. The Balaban J connectivity index is 1.77. The van der Waals surface area contributed by atoms with Crippen LogP contribution in [0.25, 0.3) is 0 Å². The van der Waals surface area contributed by atoms with Gasteiger partial charge in [0.1, 0.15) is 23.1 Å². The minimum Gasteiger partial charge on any atom is -0.457 e. The van der Waals surface area contributed by atoms with Crippen LogP contribution in [0.3, 0.4) is 0 Å². The fraction of sp³-hybridized carbons (Fsp3) is 0.364. The summed E-state index contributed by atoms with van der Waals surface area (Å²) >= 11 is 1.19. The first-order valence-electron chi connectivity index (χ1n) is 14.7. The van der Waals surface area contributed by atoms with Crippen LogP contribution in [0.15, 0.2) is 59.5 Å². The van der Waals surface area contributed by atoms with Gasteiger partial charge >= 0.3 is 12.4 Å². The first-order valence-corrected chi connectivity index (χ1v) is 15.7. The number of thioether (sulfide) groups is 1. The fourth-order valence-electron chi connectivity index (χ4n) is 4.80. The molecule has 7 N–H and O–H groups in total. The predicted octanol–water partition coefficient (Wildman–Crippen LogP) is 7.50. The summed E-state index contributed by atoms with van der Waals surface area (Å²) in [5.74, 6) is -0.162. The van der Waals surface area contributed by atoms with Gasteiger partial charge in [-0.3, -0.25) is 15.0 Å². The molecule has 3 aromatic rings. The molecular formula is C33H36F6N4O3S. The molecule has 0 spiro atoms. The maximum absolute atomic E-state index is 13.9. The van der Waals surface area contributed by atoms with Crippen LogP contribution < -0.4 is 21.9 Å². The molecule has 14 heteroatoms. The third-order valence-corrected chi connectivity index (χ3v) is 8.18. The first-order chi connectivity index (χ1) is 22.0. The van der Waals surface area contributed by atoms with E-state index in [1.165, 1.54) is 42.1 Å². The van der Waals surface area contributed by atoms with Crippen LogP contribution in [-0.2, 0) is 41.2 Å². The van der Waals surface area contributed by atoms with E-state index in [2.05, 4.69) is 0 Å². The van der Waals surface area contributed by atoms with Gasteiger partial charge in [-0.05, 0) is 65.9 Å². The van der Waals surface area contributed by atoms with Gasteiger partial charge in [0.2, 0.25) is 0 Å². The zero-order valence-corrected chi connectivity index (χ0v) is 26.2. The van der Waals surface area contributed by atoms with Crippen LogP contribution >= 0.6 is 11.8 Å². The molecule has 0 fully saturated rings. The van der Waals surface area contributed by atoms with Crippen molar-refractivity contribution in [3.05, 3.63) is 82.4 Å². The summed E-state index contributed by atoms with van der Waals surface area (Å²) in [7, 11) is 0. The average Bonchev–Trinajstić information content (AvgIpc) is 2.96. The Labute approximate surface area is 272 Å².